The largest absolute Gasteiger partial charge is 0.439 e. The van der Waals surface area contributed by atoms with Gasteiger partial charge in [-0.1, -0.05) is 83.5 Å². The van der Waals surface area contributed by atoms with E-state index in [0.717, 1.165) is 38.2 Å². The third-order valence-electron chi connectivity index (χ3n) is 7.29. The van der Waals surface area contributed by atoms with Crippen molar-refractivity contribution < 1.29 is 17.7 Å². The Morgan fingerprint density at radius 3 is 2.23 bits per heavy atom. The summed E-state index contributed by atoms with van der Waals surface area (Å²) in [6, 6.07) is 23.6. The van der Waals surface area contributed by atoms with Crippen LogP contribution in [0.5, 0.6) is 0 Å². The normalized spacial score (nSPS) is 11.8. The average molecular weight is 619 g/mol. The standard InChI is InChI=1S/C32H25F3N4O4S/c1-19-6-8-20(9-7-19)14-15-38-28(40)26-16-23(17-32(33,34)35)44-29(26)39(31(38)42)18-21-10-12-22(13-11-21)24-4-2-3-5-25(24)27-36-30(41)43-37-27/h2-13,16H,14-15,17-18H2,1H3,(H,36,37,41). The first-order valence-electron chi connectivity index (χ1n) is 13.7. The number of aromatic amines is 1. The molecule has 3 aromatic heterocycles. The van der Waals surface area contributed by atoms with E-state index in [4.69, 9.17) is 0 Å². The molecule has 0 unspecified atom stereocenters. The van der Waals surface area contributed by atoms with E-state index >= 15 is 0 Å². The Hall–Kier alpha value is -4.97. The minimum atomic E-state index is -4.46. The summed E-state index contributed by atoms with van der Waals surface area (Å²) in [5.41, 5.74) is 3.77. The smallest absolute Gasteiger partial charge is 0.296 e. The molecular formula is C32H25F3N4O4S. The zero-order valence-electron chi connectivity index (χ0n) is 23.4. The monoisotopic (exact) mass is 618 g/mol. The Bertz CT molecular complexity index is 2140. The van der Waals surface area contributed by atoms with Crippen molar-refractivity contribution >= 4 is 21.6 Å². The summed E-state index contributed by atoms with van der Waals surface area (Å²) < 4.78 is 46.9. The molecule has 3 aromatic carbocycles. The maximum atomic E-state index is 13.7. The van der Waals surface area contributed by atoms with Crippen LogP contribution >= 0.6 is 11.3 Å². The van der Waals surface area contributed by atoms with E-state index in [0.29, 0.717) is 17.5 Å². The fourth-order valence-electron chi connectivity index (χ4n) is 5.13. The summed E-state index contributed by atoms with van der Waals surface area (Å²) in [5.74, 6) is -0.391. The molecule has 6 aromatic rings. The number of aryl methyl sites for hydroxylation is 2. The SMILES string of the molecule is Cc1ccc(CCn2c(=O)c3cc(CC(F)(F)F)sc3n(Cc3ccc(-c4ccccc4-c4noc(=O)[nH]4)cc3)c2=O)cc1. The van der Waals surface area contributed by atoms with Crippen LogP contribution in [0.15, 0.2) is 97.8 Å². The molecule has 0 saturated carbocycles. The molecule has 224 valence electrons. The number of hydrogen-bond donors (Lipinski definition) is 1. The highest BCUT2D eigenvalue weighted by Gasteiger charge is 2.29. The van der Waals surface area contributed by atoms with Crippen LogP contribution in [-0.2, 0) is 25.9 Å². The highest BCUT2D eigenvalue weighted by molar-refractivity contribution is 7.18. The summed E-state index contributed by atoms with van der Waals surface area (Å²) in [4.78, 5) is 41.4. The molecule has 0 saturated heterocycles. The van der Waals surface area contributed by atoms with Gasteiger partial charge < -0.3 is 0 Å². The number of aromatic nitrogens is 4. The fourth-order valence-corrected chi connectivity index (χ4v) is 6.30. The first-order chi connectivity index (χ1) is 21.1. The van der Waals surface area contributed by atoms with E-state index in [1.807, 2.05) is 67.6 Å². The number of nitrogens with zero attached hydrogens (tertiary/aromatic N) is 3. The van der Waals surface area contributed by atoms with Crippen molar-refractivity contribution in [2.45, 2.75) is 39.0 Å². The number of H-pyrrole nitrogens is 1. The molecule has 0 amide bonds. The summed E-state index contributed by atoms with van der Waals surface area (Å²) >= 11 is 0.810. The van der Waals surface area contributed by atoms with Crippen LogP contribution in [0, 0.1) is 6.92 Å². The molecule has 0 radical (unpaired) electrons. The molecule has 0 aliphatic carbocycles. The van der Waals surface area contributed by atoms with Gasteiger partial charge in [0.15, 0.2) is 5.82 Å². The number of thiophene rings is 1. The van der Waals surface area contributed by atoms with Crippen molar-refractivity contribution in [3.8, 4) is 22.5 Å². The van der Waals surface area contributed by atoms with Gasteiger partial charge in [0.1, 0.15) is 4.83 Å². The Balaban J connectivity index is 1.37. The molecule has 6 rings (SSSR count). The van der Waals surface area contributed by atoms with Gasteiger partial charge in [0.25, 0.3) is 5.56 Å². The zero-order chi connectivity index (χ0) is 31.0. The van der Waals surface area contributed by atoms with Gasteiger partial charge in [0.05, 0.1) is 18.4 Å². The van der Waals surface area contributed by atoms with Crippen molar-refractivity contribution in [1.82, 2.24) is 19.3 Å². The lowest BCUT2D eigenvalue weighted by molar-refractivity contribution is -0.126. The highest BCUT2D eigenvalue weighted by Crippen LogP contribution is 2.31. The lowest BCUT2D eigenvalue weighted by Gasteiger charge is -2.13. The van der Waals surface area contributed by atoms with Gasteiger partial charge in [-0.05, 0) is 41.7 Å². The predicted molar refractivity (Wildman–Crippen MR) is 162 cm³/mol. The van der Waals surface area contributed by atoms with Crippen LogP contribution in [0.1, 0.15) is 21.6 Å². The third kappa shape index (κ3) is 6.06. The van der Waals surface area contributed by atoms with Gasteiger partial charge in [-0.25, -0.2) is 9.59 Å². The van der Waals surface area contributed by atoms with Gasteiger partial charge in [-0.2, -0.15) is 13.2 Å². The number of benzene rings is 3. The maximum absolute atomic E-state index is 13.7. The second-order valence-electron chi connectivity index (χ2n) is 10.5. The van der Waals surface area contributed by atoms with Crippen LogP contribution in [0.3, 0.4) is 0 Å². The molecule has 12 heteroatoms. The second-order valence-corrected chi connectivity index (χ2v) is 11.6. The van der Waals surface area contributed by atoms with Gasteiger partial charge in [-0.15, -0.1) is 11.3 Å². The van der Waals surface area contributed by atoms with Crippen molar-refractivity contribution in [3.05, 3.63) is 132 Å². The van der Waals surface area contributed by atoms with Crippen LogP contribution < -0.4 is 17.0 Å². The molecular weight excluding hydrogens is 593 g/mol. The quantitative estimate of drug-likeness (QED) is 0.228. The number of hydrogen-bond acceptors (Lipinski definition) is 6. The molecule has 0 atom stereocenters. The number of halogens is 3. The first kappa shape index (κ1) is 29.1. The van der Waals surface area contributed by atoms with E-state index in [1.165, 1.54) is 10.6 Å². The molecule has 0 aliphatic heterocycles. The van der Waals surface area contributed by atoms with Crippen molar-refractivity contribution in [2.24, 2.45) is 0 Å². The number of fused-ring (bicyclic) bond motifs is 1. The minimum Gasteiger partial charge on any atom is -0.296 e. The topological polar surface area (TPSA) is 103 Å². The number of nitrogens with one attached hydrogen (secondary N) is 1. The van der Waals surface area contributed by atoms with E-state index in [-0.39, 0.29) is 34.0 Å². The molecule has 3 heterocycles. The molecule has 0 spiro atoms. The molecule has 0 bridgehead atoms. The number of rotatable bonds is 8. The lowest BCUT2D eigenvalue weighted by atomic mass is 9.98. The van der Waals surface area contributed by atoms with Crippen molar-refractivity contribution in [3.63, 3.8) is 0 Å². The Labute approximate surface area is 251 Å². The summed E-state index contributed by atoms with van der Waals surface area (Å²) in [7, 11) is 0. The maximum Gasteiger partial charge on any atom is 0.439 e. The van der Waals surface area contributed by atoms with Crippen molar-refractivity contribution in [2.75, 3.05) is 0 Å². The van der Waals surface area contributed by atoms with E-state index in [1.54, 1.807) is 12.1 Å². The van der Waals surface area contributed by atoms with E-state index < -0.39 is 29.6 Å². The van der Waals surface area contributed by atoms with E-state index in [9.17, 15) is 27.6 Å². The number of alkyl halides is 3. The summed E-state index contributed by atoms with van der Waals surface area (Å²) in [5, 5.41) is 3.87. The third-order valence-corrected chi connectivity index (χ3v) is 8.45. The highest BCUT2D eigenvalue weighted by atomic mass is 32.1. The zero-order valence-corrected chi connectivity index (χ0v) is 24.2. The van der Waals surface area contributed by atoms with Gasteiger partial charge in [-0.3, -0.25) is 23.4 Å². The van der Waals surface area contributed by atoms with Crippen LogP contribution in [0.4, 0.5) is 13.2 Å². The van der Waals surface area contributed by atoms with Gasteiger partial charge in [0, 0.05) is 17.0 Å². The Kier molecular flexibility index (Phi) is 7.68. The van der Waals surface area contributed by atoms with E-state index in [2.05, 4.69) is 14.7 Å². The average Bonchev–Trinajstić information content (AvgIpc) is 3.62. The minimum absolute atomic E-state index is 0.0353. The molecule has 1 N–H and O–H groups in total. The Morgan fingerprint density at radius 1 is 0.886 bits per heavy atom. The van der Waals surface area contributed by atoms with Crippen LogP contribution in [0.25, 0.3) is 32.7 Å². The molecule has 44 heavy (non-hydrogen) atoms. The summed E-state index contributed by atoms with van der Waals surface area (Å²) in [6.07, 6.45) is -5.23. The first-order valence-corrected chi connectivity index (χ1v) is 14.5. The predicted octanol–water partition coefficient (Wildman–Crippen LogP) is 5.94. The Morgan fingerprint density at radius 2 is 1.57 bits per heavy atom. The molecule has 0 fully saturated rings. The van der Waals surface area contributed by atoms with Gasteiger partial charge in [0.2, 0.25) is 0 Å². The van der Waals surface area contributed by atoms with Crippen LogP contribution in [-0.4, -0.2) is 25.5 Å². The lowest BCUT2D eigenvalue weighted by Crippen LogP contribution is -2.40. The van der Waals surface area contributed by atoms with Gasteiger partial charge >= 0.3 is 17.6 Å². The van der Waals surface area contributed by atoms with Crippen molar-refractivity contribution in [1.29, 1.82) is 0 Å². The van der Waals surface area contributed by atoms with Crippen LogP contribution in [0.2, 0.25) is 0 Å². The molecule has 8 nitrogen and oxygen atoms in total. The molecule has 0 aliphatic rings. The fraction of sp³-hybridized carbons (Fsp3) is 0.188. The summed E-state index contributed by atoms with van der Waals surface area (Å²) in [6.45, 7) is 2.09. The second kappa shape index (κ2) is 11.6.